The predicted molar refractivity (Wildman–Crippen MR) is 129 cm³/mol. The summed E-state index contributed by atoms with van der Waals surface area (Å²) in [5, 5.41) is 7.87. The second kappa shape index (κ2) is 9.02. The molecular weight excluding hydrogens is 414 g/mol. The smallest absolute Gasteiger partial charge is 0.252 e. The molecule has 1 aliphatic carbocycles. The zero-order chi connectivity index (χ0) is 22.8. The van der Waals surface area contributed by atoms with Gasteiger partial charge in [-0.2, -0.15) is 0 Å². The minimum atomic E-state index is -0.401. The van der Waals surface area contributed by atoms with Gasteiger partial charge in [0.05, 0.1) is 18.2 Å². The normalized spacial score (nSPS) is 19.2. The standard InChI is InChI=1S/C27H31N3O3/c1-18-8-9-20(33-17-19-6-3-4-12-28-19)14-23(18)26(31)30-27(10-11-27)24-15-21(32-2)16-25-22(24)7-5-13-29-25/h5,7-9,13-16,19,28H,3-4,6,10-12,17H2,1-2H3,(H,30,31). The van der Waals surface area contributed by atoms with Gasteiger partial charge in [-0.25, -0.2) is 0 Å². The summed E-state index contributed by atoms with van der Waals surface area (Å²) in [7, 11) is 1.66. The molecule has 6 nitrogen and oxygen atoms in total. The zero-order valence-electron chi connectivity index (χ0n) is 19.3. The first-order valence-electron chi connectivity index (χ1n) is 11.8. The van der Waals surface area contributed by atoms with Crippen molar-refractivity contribution in [2.45, 2.75) is 50.6 Å². The Balaban J connectivity index is 1.37. The predicted octanol–water partition coefficient (Wildman–Crippen LogP) is 4.49. The van der Waals surface area contributed by atoms with Crippen LogP contribution in [-0.4, -0.2) is 37.2 Å². The van der Waals surface area contributed by atoms with Gasteiger partial charge in [0.25, 0.3) is 5.91 Å². The van der Waals surface area contributed by atoms with Crippen LogP contribution in [0.2, 0.25) is 0 Å². The summed E-state index contributed by atoms with van der Waals surface area (Å²) in [6.07, 6.45) is 7.15. The summed E-state index contributed by atoms with van der Waals surface area (Å²) in [6.45, 7) is 3.63. The van der Waals surface area contributed by atoms with Gasteiger partial charge in [0.2, 0.25) is 0 Å². The number of methoxy groups -OCH3 is 1. The van der Waals surface area contributed by atoms with Crippen molar-refractivity contribution in [3.63, 3.8) is 0 Å². The number of nitrogens with one attached hydrogen (secondary N) is 2. The van der Waals surface area contributed by atoms with Crippen LogP contribution < -0.4 is 20.1 Å². The Morgan fingerprint density at radius 1 is 1.18 bits per heavy atom. The largest absolute Gasteiger partial charge is 0.497 e. The van der Waals surface area contributed by atoms with Crippen molar-refractivity contribution in [1.29, 1.82) is 0 Å². The van der Waals surface area contributed by atoms with E-state index in [-0.39, 0.29) is 5.91 Å². The Morgan fingerprint density at radius 2 is 2.06 bits per heavy atom. The lowest BCUT2D eigenvalue weighted by Crippen LogP contribution is -2.38. The third-order valence-corrected chi connectivity index (χ3v) is 6.87. The number of carbonyl (C=O) groups excluding carboxylic acids is 1. The SMILES string of the molecule is COc1cc(C2(NC(=O)c3cc(OCC4CCCCN4)ccc3C)CC2)c2cccnc2c1. The minimum Gasteiger partial charge on any atom is -0.497 e. The van der Waals surface area contributed by atoms with E-state index in [1.54, 1.807) is 13.3 Å². The zero-order valence-corrected chi connectivity index (χ0v) is 19.3. The number of amides is 1. The second-order valence-corrected chi connectivity index (χ2v) is 9.22. The van der Waals surface area contributed by atoms with Crippen LogP contribution in [0, 0.1) is 6.92 Å². The number of piperidine rings is 1. The van der Waals surface area contributed by atoms with E-state index in [9.17, 15) is 4.79 Å². The van der Waals surface area contributed by atoms with Crippen molar-refractivity contribution < 1.29 is 14.3 Å². The number of nitrogens with zero attached hydrogens (tertiary/aromatic N) is 1. The number of ether oxygens (including phenoxy) is 2. The highest BCUT2D eigenvalue weighted by Crippen LogP contribution is 2.49. The molecular formula is C27H31N3O3. The molecule has 1 saturated heterocycles. The van der Waals surface area contributed by atoms with Gasteiger partial charge in [0.15, 0.2) is 0 Å². The van der Waals surface area contributed by atoms with Crippen LogP contribution in [0.4, 0.5) is 0 Å². The summed E-state index contributed by atoms with van der Waals surface area (Å²) in [5.41, 5.74) is 3.12. The van der Waals surface area contributed by atoms with E-state index < -0.39 is 5.54 Å². The fourth-order valence-corrected chi connectivity index (χ4v) is 4.74. The number of pyridine rings is 1. The first-order chi connectivity index (χ1) is 16.1. The van der Waals surface area contributed by atoms with E-state index >= 15 is 0 Å². The summed E-state index contributed by atoms with van der Waals surface area (Å²) < 4.78 is 11.6. The molecule has 1 saturated carbocycles. The molecule has 1 aromatic heterocycles. The molecule has 0 bridgehead atoms. The van der Waals surface area contributed by atoms with Crippen molar-refractivity contribution >= 4 is 16.8 Å². The van der Waals surface area contributed by atoms with Gasteiger partial charge in [0, 0.05) is 29.3 Å². The van der Waals surface area contributed by atoms with E-state index in [0.717, 1.165) is 59.3 Å². The van der Waals surface area contributed by atoms with Gasteiger partial charge in [-0.1, -0.05) is 18.6 Å². The van der Waals surface area contributed by atoms with Gasteiger partial charge in [-0.05, 0) is 74.5 Å². The molecule has 33 heavy (non-hydrogen) atoms. The molecule has 6 heteroatoms. The molecule has 2 N–H and O–H groups in total. The van der Waals surface area contributed by atoms with E-state index in [1.807, 2.05) is 43.3 Å². The van der Waals surface area contributed by atoms with Gasteiger partial charge < -0.3 is 20.1 Å². The van der Waals surface area contributed by atoms with Crippen molar-refractivity contribution in [1.82, 2.24) is 15.6 Å². The molecule has 2 aliphatic rings. The average Bonchev–Trinajstić information content (AvgIpc) is 3.63. The highest BCUT2D eigenvalue weighted by molar-refractivity contribution is 5.97. The number of hydrogen-bond donors (Lipinski definition) is 2. The summed E-state index contributed by atoms with van der Waals surface area (Å²) in [5.74, 6) is 1.41. The lowest BCUT2D eigenvalue weighted by molar-refractivity contribution is 0.0930. The molecule has 3 aromatic rings. The lowest BCUT2D eigenvalue weighted by Gasteiger charge is -2.24. The third-order valence-electron chi connectivity index (χ3n) is 6.87. The highest BCUT2D eigenvalue weighted by atomic mass is 16.5. The van der Waals surface area contributed by atoms with E-state index in [1.165, 1.54) is 12.8 Å². The molecule has 2 aromatic carbocycles. The average molecular weight is 446 g/mol. The van der Waals surface area contributed by atoms with Gasteiger partial charge in [0.1, 0.15) is 18.1 Å². The van der Waals surface area contributed by atoms with Crippen LogP contribution in [0.15, 0.2) is 48.7 Å². The number of aryl methyl sites for hydroxylation is 1. The van der Waals surface area contributed by atoms with Crippen molar-refractivity contribution in [3.8, 4) is 11.5 Å². The Bertz CT molecular complexity index is 1170. The lowest BCUT2D eigenvalue weighted by atomic mass is 9.97. The maximum absolute atomic E-state index is 13.4. The molecule has 1 aliphatic heterocycles. The Kier molecular flexibility index (Phi) is 5.94. The number of hydrogen-bond acceptors (Lipinski definition) is 5. The molecule has 5 rings (SSSR count). The van der Waals surface area contributed by atoms with E-state index in [0.29, 0.717) is 18.2 Å². The van der Waals surface area contributed by atoms with Gasteiger partial charge >= 0.3 is 0 Å². The number of carbonyl (C=O) groups is 1. The van der Waals surface area contributed by atoms with Crippen molar-refractivity contribution in [2.75, 3.05) is 20.3 Å². The Morgan fingerprint density at radius 3 is 2.82 bits per heavy atom. The molecule has 2 fully saturated rings. The number of fused-ring (bicyclic) bond motifs is 1. The van der Waals surface area contributed by atoms with Crippen molar-refractivity contribution in [2.24, 2.45) is 0 Å². The second-order valence-electron chi connectivity index (χ2n) is 9.22. The summed E-state index contributed by atoms with van der Waals surface area (Å²) in [4.78, 5) is 17.9. The van der Waals surface area contributed by atoms with Crippen LogP contribution in [0.25, 0.3) is 10.9 Å². The van der Waals surface area contributed by atoms with Crippen molar-refractivity contribution in [3.05, 3.63) is 65.4 Å². The van der Waals surface area contributed by atoms with Crippen LogP contribution in [-0.2, 0) is 5.54 Å². The monoisotopic (exact) mass is 445 g/mol. The molecule has 172 valence electrons. The molecule has 2 heterocycles. The quantitative estimate of drug-likeness (QED) is 0.561. The van der Waals surface area contributed by atoms with Crippen LogP contribution in [0.5, 0.6) is 11.5 Å². The summed E-state index contributed by atoms with van der Waals surface area (Å²) >= 11 is 0. The molecule has 0 radical (unpaired) electrons. The van der Waals surface area contributed by atoms with Crippen LogP contribution in [0.1, 0.15) is 53.6 Å². The third kappa shape index (κ3) is 4.53. The van der Waals surface area contributed by atoms with Gasteiger partial charge in [-0.3, -0.25) is 9.78 Å². The number of rotatable bonds is 7. The van der Waals surface area contributed by atoms with Crippen LogP contribution in [0.3, 0.4) is 0 Å². The Hall–Kier alpha value is -3.12. The summed E-state index contributed by atoms with van der Waals surface area (Å²) in [6, 6.07) is 14.1. The maximum atomic E-state index is 13.4. The minimum absolute atomic E-state index is 0.0777. The topological polar surface area (TPSA) is 72.5 Å². The van der Waals surface area contributed by atoms with E-state index in [4.69, 9.17) is 9.47 Å². The molecule has 1 atom stereocenters. The molecule has 1 unspecified atom stereocenters. The maximum Gasteiger partial charge on any atom is 0.252 e. The molecule has 0 spiro atoms. The first kappa shape index (κ1) is 21.7. The Labute approximate surface area is 194 Å². The fourth-order valence-electron chi connectivity index (χ4n) is 4.74. The first-order valence-corrected chi connectivity index (χ1v) is 11.8. The molecule has 1 amide bonds. The van der Waals surface area contributed by atoms with E-state index in [2.05, 4.69) is 21.7 Å². The number of benzene rings is 2. The van der Waals surface area contributed by atoms with Gasteiger partial charge in [-0.15, -0.1) is 0 Å². The highest BCUT2D eigenvalue weighted by Gasteiger charge is 2.47. The van der Waals surface area contributed by atoms with Crippen LogP contribution >= 0.6 is 0 Å². The fraction of sp³-hybridized carbons (Fsp3) is 0.407. The number of aromatic nitrogens is 1.